The molecule has 1 aliphatic rings. The van der Waals surface area contributed by atoms with E-state index in [2.05, 4.69) is 20.5 Å². The fourth-order valence-corrected chi connectivity index (χ4v) is 2.58. The van der Waals surface area contributed by atoms with Crippen molar-refractivity contribution in [1.29, 1.82) is 0 Å². The third kappa shape index (κ3) is 2.37. The van der Waals surface area contributed by atoms with Gasteiger partial charge in [0, 0.05) is 11.5 Å². The normalized spacial score (nSPS) is 19.3. The summed E-state index contributed by atoms with van der Waals surface area (Å²) in [5, 5.41) is 11.1. The minimum Gasteiger partial charge on any atom is -0.405 e. The maximum absolute atomic E-state index is 5.53. The number of nitrogens with zero attached hydrogens (tertiary/aromatic N) is 3. The van der Waals surface area contributed by atoms with Crippen LogP contribution in [0.25, 0.3) is 0 Å². The summed E-state index contributed by atoms with van der Waals surface area (Å²) >= 11 is 1.61. The van der Waals surface area contributed by atoms with Gasteiger partial charge in [-0.2, -0.15) is 0 Å². The molecule has 3 heterocycles. The number of aromatic nitrogens is 3. The van der Waals surface area contributed by atoms with Crippen molar-refractivity contribution in [3.05, 3.63) is 22.0 Å². The van der Waals surface area contributed by atoms with Gasteiger partial charge in [0.15, 0.2) is 0 Å². The molecule has 1 atom stereocenters. The number of thiazole rings is 1. The van der Waals surface area contributed by atoms with Crippen LogP contribution in [-0.4, -0.2) is 21.8 Å². The van der Waals surface area contributed by atoms with Crippen LogP contribution in [0.15, 0.2) is 9.93 Å². The molecule has 1 unspecified atom stereocenters. The molecule has 7 heteroatoms. The van der Waals surface area contributed by atoms with Gasteiger partial charge in [-0.15, -0.1) is 16.4 Å². The second kappa shape index (κ2) is 5.03. The van der Waals surface area contributed by atoms with E-state index in [-0.39, 0.29) is 6.10 Å². The molecule has 1 fully saturated rings. The van der Waals surface area contributed by atoms with Crippen LogP contribution in [0.5, 0.6) is 0 Å². The van der Waals surface area contributed by atoms with Crippen LogP contribution in [0.1, 0.15) is 35.4 Å². The van der Waals surface area contributed by atoms with Crippen LogP contribution in [0.2, 0.25) is 0 Å². The lowest BCUT2D eigenvalue weighted by Crippen LogP contribution is -1.99. The molecule has 96 valence electrons. The summed E-state index contributed by atoms with van der Waals surface area (Å²) in [7, 11) is 0. The van der Waals surface area contributed by atoms with Crippen LogP contribution in [0, 0.1) is 6.92 Å². The van der Waals surface area contributed by atoms with Crippen molar-refractivity contribution in [3.8, 4) is 0 Å². The number of ether oxygens (including phenoxy) is 1. The van der Waals surface area contributed by atoms with Gasteiger partial charge in [-0.3, -0.25) is 0 Å². The maximum atomic E-state index is 5.53. The van der Waals surface area contributed by atoms with E-state index in [1.807, 2.05) is 12.4 Å². The Labute approximate surface area is 108 Å². The van der Waals surface area contributed by atoms with Crippen molar-refractivity contribution in [2.24, 2.45) is 0 Å². The third-order valence-electron chi connectivity index (χ3n) is 2.89. The second-order valence-corrected chi connectivity index (χ2v) is 5.10. The number of hydrogen-bond donors (Lipinski definition) is 1. The Balaban J connectivity index is 1.61. The molecule has 0 spiro atoms. The van der Waals surface area contributed by atoms with Gasteiger partial charge in [0.1, 0.15) is 6.10 Å². The lowest BCUT2D eigenvalue weighted by Gasteiger charge is -2.02. The van der Waals surface area contributed by atoms with E-state index in [1.165, 1.54) is 4.88 Å². The summed E-state index contributed by atoms with van der Waals surface area (Å²) in [5.41, 5.74) is 2.86. The van der Waals surface area contributed by atoms with E-state index < -0.39 is 0 Å². The third-order valence-corrected chi connectivity index (χ3v) is 3.83. The molecule has 18 heavy (non-hydrogen) atoms. The lowest BCUT2D eigenvalue weighted by atomic mass is 10.2. The van der Waals surface area contributed by atoms with E-state index in [0.717, 1.165) is 25.1 Å². The van der Waals surface area contributed by atoms with Gasteiger partial charge in [-0.05, 0) is 19.8 Å². The van der Waals surface area contributed by atoms with Crippen molar-refractivity contribution in [3.63, 3.8) is 0 Å². The van der Waals surface area contributed by atoms with Crippen molar-refractivity contribution in [2.45, 2.75) is 32.4 Å². The number of anilines is 1. The number of aryl methyl sites for hydroxylation is 1. The molecule has 6 nitrogen and oxygen atoms in total. The molecule has 0 bridgehead atoms. The molecule has 3 rings (SSSR count). The molecular formula is C11H14N4O2S. The molecule has 0 amide bonds. The maximum Gasteiger partial charge on any atom is 0.315 e. The molecule has 0 aromatic carbocycles. The van der Waals surface area contributed by atoms with Crippen LogP contribution in [0.4, 0.5) is 6.01 Å². The Morgan fingerprint density at radius 1 is 1.50 bits per heavy atom. The van der Waals surface area contributed by atoms with Gasteiger partial charge >= 0.3 is 6.01 Å². The Hall–Kier alpha value is -1.47. The predicted molar refractivity (Wildman–Crippen MR) is 66.4 cm³/mol. The Bertz CT molecular complexity index is 519. The number of hydrogen-bond acceptors (Lipinski definition) is 7. The average molecular weight is 266 g/mol. The first-order valence-corrected chi connectivity index (χ1v) is 6.79. The van der Waals surface area contributed by atoms with E-state index in [4.69, 9.17) is 9.15 Å². The minimum atomic E-state index is -0.0295. The van der Waals surface area contributed by atoms with E-state index in [0.29, 0.717) is 18.5 Å². The van der Waals surface area contributed by atoms with Gasteiger partial charge in [0.05, 0.1) is 17.7 Å². The fraction of sp³-hybridized carbons (Fsp3) is 0.545. The van der Waals surface area contributed by atoms with Gasteiger partial charge in [-0.1, -0.05) is 5.10 Å². The van der Waals surface area contributed by atoms with E-state index in [1.54, 1.807) is 11.3 Å². The molecule has 0 saturated carbocycles. The molecule has 2 aromatic rings. The fourth-order valence-electron chi connectivity index (χ4n) is 1.86. The molecule has 1 saturated heterocycles. The van der Waals surface area contributed by atoms with Crippen molar-refractivity contribution in [1.82, 2.24) is 15.2 Å². The smallest absolute Gasteiger partial charge is 0.315 e. The van der Waals surface area contributed by atoms with Gasteiger partial charge in [0.25, 0.3) is 0 Å². The molecule has 2 aromatic heterocycles. The first-order valence-electron chi connectivity index (χ1n) is 5.91. The quantitative estimate of drug-likeness (QED) is 0.915. The monoisotopic (exact) mass is 266 g/mol. The van der Waals surface area contributed by atoms with Crippen molar-refractivity contribution < 1.29 is 9.15 Å². The average Bonchev–Trinajstić information content (AvgIpc) is 3.08. The van der Waals surface area contributed by atoms with Crippen LogP contribution in [0.3, 0.4) is 0 Å². The summed E-state index contributed by atoms with van der Waals surface area (Å²) in [6, 6.07) is 0.438. The highest BCUT2D eigenvalue weighted by atomic mass is 32.1. The van der Waals surface area contributed by atoms with Gasteiger partial charge in [-0.25, -0.2) is 4.98 Å². The van der Waals surface area contributed by atoms with Crippen LogP contribution in [-0.2, 0) is 11.3 Å². The molecule has 1 N–H and O–H groups in total. The lowest BCUT2D eigenvalue weighted by molar-refractivity contribution is 0.0897. The van der Waals surface area contributed by atoms with Crippen molar-refractivity contribution in [2.75, 3.05) is 11.9 Å². The van der Waals surface area contributed by atoms with E-state index >= 15 is 0 Å². The van der Waals surface area contributed by atoms with Gasteiger partial charge in [0.2, 0.25) is 5.89 Å². The number of rotatable bonds is 4. The summed E-state index contributed by atoms with van der Waals surface area (Å²) in [5.74, 6) is 0.566. The Morgan fingerprint density at radius 2 is 2.44 bits per heavy atom. The topological polar surface area (TPSA) is 73.1 Å². The molecule has 0 aliphatic carbocycles. The first-order chi connectivity index (χ1) is 8.83. The SMILES string of the molecule is Cc1ncsc1CNc1nnc(C2CCCO2)o1. The minimum absolute atomic E-state index is 0.0295. The summed E-state index contributed by atoms with van der Waals surface area (Å²) in [6.45, 7) is 3.42. The molecule has 1 aliphatic heterocycles. The van der Waals surface area contributed by atoms with Crippen LogP contribution < -0.4 is 5.32 Å². The number of nitrogens with one attached hydrogen (secondary N) is 1. The van der Waals surface area contributed by atoms with Gasteiger partial charge < -0.3 is 14.5 Å². The first kappa shape index (κ1) is 11.6. The summed E-state index contributed by atoms with van der Waals surface area (Å²) < 4.78 is 11.0. The highest BCUT2D eigenvalue weighted by Crippen LogP contribution is 2.28. The van der Waals surface area contributed by atoms with E-state index in [9.17, 15) is 0 Å². The Kier molecular flexibility index (Phi) is 3.24. The highest BCUT2D eigenvalue weighted by molar-refractivity contribution is 7.09. The molecular weight excluding hydrogens is 252 g/mol. The standard InChI is InChI=1S/C11H14N4O2S/c1-7-9(18-6-13-7)5-12-11-15-14-10(17-11)8-3-2-4-16-8/h6,8H,2-5H2,1H3,(H,12,15). The largest absolute Gasteiger partial charge is 0.405 e. The second-order valence-electron chi connectivity index (χ2n) is 4.16. The Morgan fingerprint density at radius 3 is 3.17 bits per heavy atom. The predicted octanol–water partition coefficient (Wildman–Crippen LogP) is 2.30. The highest BCUT2D eigenvalue weighted by Gasteiger charge is 2.23. The summed E-state index contributed by atoms with van der Waals surface area (Å²) in [4.78, 5) is 5.36. The molecule has 0 radical (unpaired) electrons. The zero-order valence-electron chi connectivity index (χ0n) is 10.0. The van der Waals surface area contributed by atoms with Crippen LogP contribution >= 0.6 is 11.3 Å². The zero-order chi connectivity index (χ0) is 12.4. The van der Waals surface area contributed by atoms with Crippen molar-refractivity contribution >= 4 is 17.4 Å². The zero-order valence-corrected chi connectivity index (χ0v) is 10.9. The summed E-state index contributed by atoms with van der Waals surface area (Å²) in [6.07, 6.45) is 1.98.